The summed E-state index contributed by atoms with van der Waals surface area (Å²) in [5.74, 6) is 2.05. The Morgan fingerprint density at radius 1 is 0.941 bits per heavy atom. The smallest absolute Gasteiger partial charge is 0.131 e. The maximum atomic E-state index is 6.36. The Morgan fingerprint density at radius 2 is 1.41 bits per heavy atom. The average molecular weight is 245 g/mol. The zero-order valence-corrected chi connectivity index (χ0v) is 10.3. The number of benzene rings is 2. The van der Waals surface area contributed by atoms with Gasteiger partial charge in [0.1, 0.15) is 11.5 Å². The van der Waals surface area contributed by atoms with Crippen LogP contribution in [0.4, 0.5) is 0 Å². The number of fused-ring (bicyclic) bond motifs is 2. The molecule has 0 fully saturated rings. The van der Waals surface area contributed by atoms with Crippen molar-refractivity contribution in [3.05, 3.63) is 59.7 Å². The topological polar surface area (TPSA) is 9.23 Å². The van der Waals surface area contributed by atoms with Crippen LogP contribution >= 0.6 is 11.6 Å². The van der Waals surface area contributed by atoms with Crippen LogP contribution in [0.2, 0.25) is 0 Å². The Morgan fingerprint density at radius 3 is 1.88 bits per heavy atom. The van der Waals surface area contributed by atoms with E-state index >= 15 is 0 Å². The lowest BCUT2D eigenvalue weighted by molar-refractivity contribution is 0.444. The lowest BCUT2D eigenvalue weighted by atomic mass is 9.86. The van der Waals surface area contributed by atoms with Crippen molar-refractivity contribution in [3.8, 4) is 11.5 Å². The number of ether oxygens (including phenoxy) is 1. The summed E-state index contributed by atoms with van der Waals surface area (Å²) in [6.07, 6.45) is 0. The highest BCUT2D eigenvalue weighted by molar-refractivity contribution is 6.21. The second-order valence-corrected chi connectivity index (χ2v) is 5.02. The lowest BCUT2D eigenvalue weighted by Gasteiger charge is -2.29. The summed E-state index contributed by atoms with van der Waals surface area (Å²) in [4.78, 5) is 0. The van der Waals surface area contributed by atoms with E-state index in [-0.39, 0.29) is 11.3 Å². The van der Waals surface area contributed by atoms with Crippen LogP contribution in [0.15, 0.2) is 48.5 Å². The van der Waals surface area contributed by atoms with Crippen LogP contribution in [0.3, 0.4) is 0 Å². The molecule has 1 aliphatic heterocycles. The predicted octanol–water partition coefficient (Wildman–Crippen LogP) is 4.55. The van der Waals surface area contributed by atoms with E-state index in [4.69, 9.17) is 16.3 Å². The van der Waals surface area contributed by atoms with E-state index in [0.717, 1.165) is 11.5 Å². The van der Waals surface area contributed by atoms with Crippen LogP contribution in [0.25, 0.3) is 0 Å². The minimum Gasteiger partial charge on any atom is -0.457 e. The summed E-state index contributed by atoms with van der Waals surface area (Å²) in [6, 6.07) is 16.2. The molecule has 0 bridgehead atoms. The zero-order valence-electron chi connectivity index (χ0n) is 9.56. The fourth-order valence-corrected chi connectivity index (χ4v) is 2.71. The molecule has 0 aliphatic carbocycles. The molecule has 0 N–H and O–H groups in total. The average Bonchev–Trinajstić information content (AvgIpc) is 2.35. The van der Waals surface area contributed by atoms with Gasteiger partial charge in [-0.05, 0) is 19.1 Å². The van der Waals surface area contributed by atoms with Crippen LogP contribution in [0.1, 0.15) is 24.0 Å². The molecular formula is C15H13ClO. The van der Waals surface area contributed by atoms with Gasteiger partial charge in [0.25, 0.3) is 0 Å². The molecule has 0 spiro atoms. The largest absolute Gasteiger partial charge is 0.457 e. The van der Waals surface area contributed by atoms with Gasteiger partial charge in [-0.15, -0.1) is 11.6 Å². The van der Waals surface area contributed by atoms with Gasteiger partial charge in [0.05, 0.1) is 0 Å². The van der Waals surface area contributed by atoms with Gasteiger partial charge in [0, 0.05) is 22.4 Å². The molecule has 1 unspecified atom stereocenters. The normalized spacial score (nSPS) is 15.6. The first-order valence-electron chi connectivity index (χ1n) is 5.77. The van der Waals surface area contributed by atoms with Gasteiger partial charge in [-0.25, -0.2) is 0 Å². The molecule has 2 heteroatoms. The third-order valence-electron chi connectivity index (χ3n) is 3.19. The van der Waals surface area contributed by atoms with E-state index in [1.165, 1.54) is 11.1 Å². The molecule has 1 heterocycles. The molecule has 3 rings (SSSR count). The highest BCUT2D eigenvalue weighted by Crippen LogP contribution is 2.46. The quantitative estimate of drug-likeness (QED) is 0.669. The maximum absolute atomic E-state index is 6.36. The van der Waals surface area contributed by atoms with Crippen LogP contribution in [-0.2, 0) is 0 Å². The van der Waals surface area contributed by atoms with Gasteiger partial charge >= 0.3 is 0 Å². The third kappa shape index (κ3) is 1.71. The fraction of sp³-hybridized carbons (Fsp3) is 0.200. The SMILES string of the molecule is CC(Cl)C1c2ccccc2Oc2ccccc21. The number of halogens is 1. The molecule has 1 atom stereocenters. The lowest BCUT2D eigenvalue weighted by Crippen LogP contribution is -2.16. The van der Waals surface area contributed by atoms with Crippen molar-refractivity contribution in [3.63, 3.8) is 0 Å². The first-order valence-corrected chi connectivity index (χ1v) is 6.21. The van der Waals surface area contributed by atoms with Gasteiger partial charge < -0.3 is 4.74 Å². The number of para-hydroxylation sites is 2. The minimum absolute atomic E-state index is 0.0428. The molecule has 86 valence electrons. The molecule has 0 amide bonds. The zero-order chi connectivity index (χ0) is 11.8. The molecule has 1 aliphatic rings. The van der Waals surface area contributed by atoms with Crippen molar-refractivity contribution >= 4 is 11.6 Å². The Kier molecular flexibility index (Phi) is 2.56. The summed E-state index contributed by atoms with van der Waals surface area (Å²) in [5, 5.41) is 0.0428. The summed E-state index contributed by atoms with van der Waals surface area (Å²) in [7, 11) is 0. The van der Waals surface area contributed by atoms with E-state index in [2.05, 4.69) is 12.1 Å². The summed E-state index contributed by atoms with van der Waals surface area (Å²) < 4.78 is 5.90. The number of hydrogen-bond donors (Lipinski definition) is 0. The predicted molar refractivity (Wildman–Crippen MR) is 70.1 cm³/mol. The fourth-order valence-electron chi connectivity index (χ4n) is 2.44. The summed E-state index contributed by atoms with van der Waals surface area (Å²) in [6.45, 7) is 2.03. The van der Waals surface area contributed by atoms with E-state index < -0.39 is 0 Å². The first-order chi connectivity index (χ1) is 8.27. The highest BCUT2D eigenvalue weighted by atomic mass is 35.5. The van der Waals surface area contributed by atoms with Crippen LogP contribution in [-0.4, -0.2) is 5.38 Å². The molecule has 0 saturated carbocycles. The molecule has 2 aromatic carbocycles. The minimum atomic E-state index is 0.0428. The molecule has 1 nitrogen and oxygen atoms in total. The molecule has 0 radical (unpaired) electrons. The van der Waals surface area contributed by atoms with Gasteiger partial charge in [-0.2, -0.15) is 0 Å². The van der Waals surface area contributed by atoms with Crippen LogP contribution in [0, 0.1) is 0 Å². The molecular weight excluding hydrogens is 232 g/mol. The molecule has 0 saturated heterocycles. The van der Waals surface area contributed by atoms with Crippen molar-refractivity contribution in [2.45, 2.75) is 18.2 Å². The monoisotopic (exact) mass is 244 g/mol. The van der Waals surface area contributed by atoms with E-state index in [1.807, 2.05) is 43.3 Å². The third-order valence-corrected chi connectivity index (χ3v) is 3.44. The summed E-state index contributed by atoms with van der Waals surface area (Å²) >= 11 is 6.36. The van der Waals surface area contributed by atoms with Crippen molar-refractivity contribution in [1.29, 1.82) is 0 Å². The number of alkyl halides is 1. The van der Waals surface area contributed by atoms with Crippen molar-refractivity contribution in [2.24, 2.45) is 0 Å². The standard InChI is InChI=1S/C15H13ClO/c1-10(16)15-11-6-2-4-8-13(11)17-14-9-5-3-7-12(14)15/h2-10,15H,1H3. The Bertz CT molecular complexity index is 503. The number of hydrogen-bond acceptors (Lipinski definition) is 1. The van der Waals surface area contributed by atoms with Crippen LogP contribution < -0.4 is 4.74 Å². The van der Waals surface area contributed by atoms with Crippen LogP contribution in [0.5, 0.6) is 11.5 Å². The maximum Gasteiger partial charge on any atom is 0.131 e. The van der Waals surface area contributed by atoms with Gasteiger partial charge in [-0.3, -0.25) is 0 Å². The van der Waals surface area contributed by atoms with E-state index in [1.54, 1.807) is 0 Å². The first kappa shape index (κ1) is 10.7. The van der Waals surface area contributed by atoms with Crippen molar-refractivity contribution < 1.29 is 4.74 Å². The molecule has 0 aromatic heterocycles. The summed E-state index contributed by atoms with van der Waals surface area (Å²) in [5.41, 5.74) is 2.35. The molecule has 17 heavy (non-hydrogen) atoms. The van der Waals surface area contributed by atoms with Gasteiger partial charge in [0.2, 0.25) is 0 Å². The van der Waals surface area contributed by atoms with E-state index in [0.29, 0.717) is 0 Å². The Labute approximate surface area is 106 Å². The van der Waals surface area contributed by atoms with Crippen molar-refractivity contribution in [1.82, 2.24) is 0 Å². The number of rotatable bonds is 1. The second kappa shape index (κ2) is 4.08. The van der Waals surface area contributed by atoms with E-state index in [9.17, 15) is 0 Å². The molecule has 2 aromatic rings. The Balaban J connectivity index is 2.21. The second-order valence-electron chi connectivity index (χ2n) is 4.33. The van der Waals surface area contributed by atoms with Gasteiger partial charge in [-0.1, -0.05) is 36.4 Å². The van der Waals surface area contributed by atoms with Crippen molar-refractivity contribution in [2.75, 3.05) is 0 Å². The Hall–Kier alpha value is -1.47. The van der Waals surface area contributed by atoms with Gasteiger partial charge in [0.15, 0.2) is 0 Å². The highest BCUT2D eigenvalue weighted by Gasteiger charge is 2.29.